The minimum atomic E-state index is -0.0671. The monoisotopic (exact) mass is 310 g/mol. The van der Waals surface area contributed by atoms with E-state index in [1.807, 2.05) is 61.5 Å². The van der Waals surface area contributed by atoms with E-state index in [9.17, 15) is 9.59 Å². The van der Waals surface area contributed by atoms with E-state index in [1.54, 1.807) is 4.90 Å². The zero-order chi connectivity index (χ0) is 16.7. The Hall–Kier alpha value is -2.62. The van der Waals surface area contributed by atoms with E-state index in [0.29, 0.717) is 13.1 Å². The van der Waals surface area contributed by atoms with E-state index in [0.717, 1.165) is 11.3 Å². The number of carbonyl (C=O) groups excluding carboxylic acids is 2. The number of rotatable bonds is 6. The van der Waals surface area contributed by atoms with Gasteiger partial charge in [-0.25, -0.2) is 0 Å². The summed E-state index contributed by atoms with van der Waals surface area (Å²) in [6.07, 6.45) is 0.278. The van der Waals surface area contributed by atoms with Crippen LogP contribution in [0.15, 0.2) is 54.6 Å². The first-order valence-electron chi connectivity index (χ1n) is 7.71. The van der Waals surface area contributed by atoms with Crippen LogP contribution in [-0.2, 0) is 16.1 Å². The summed E-state index contributed by atoms with van der Waals surface area (Å²) in [4.78, 5) is 25.4. The maximum Gasteiger partial charge on any atom is 0.223 e. The van der Waals surface area contributed by atoms with E-state index in [-0.39, 0.29) is 18.2 Å². The molecular weight excluding hydrogens is 288 g/mol. The van der Waals surface area contributed by atoms with Gasteiger partial charge in [0.1, 0.15) is 0 Å². The number of benzene rings is 2. The highest BCUT2D eigenvalue weighted by atomic mass is 16.2. The maximum absolute atomic E-state index is 12.0. The van der Waals surface area contributed by atoms with Crippen LogP contribution >= 0.6 is 0 Å². The van der Waals surface area contributed by atoms with Crippen molar-refractivity contribution in [2.45, 2.75) is 26.8 Å². The molecule has 0 aliphatic heterocycles. The number of hydrogen-bond donors (Lipinski definition) is 1. The Morgan fingerprint density at radius 2 is 1.65 bits per heavy atom. The van der Waals surface area contributed by atoms with Crippen molar-refractivity contribution in [3.05, 3.63) is 65.7 Å². The van der Waals surface area contributed by atoms with E-state index < -0.39 is 0 Å². The second-order valence-corrected chi connectivity index (χ2v) is 5.52. The summed E-state index contributed by atoms with van der Waals surface area (Å²) >= 11 is 0. The lowest BCUT2D eigenvalue weighted by Gasteiger charge is -2.20. The van der Waals surface area contributed by atoms with Crippen molar-refractivity contribution in [1.82, 2.24) is 5.32 Å². The van der Waals surface area contributed by atoms with Gasteiger partial charge in [0, 0.05) is 32.1 Å². The number of nitrogens with one attached hydrogen (secondary N) is 1. The van der Waals surface area contributed by atoms with Gasteiger partial charge in [0.05, 0.1) is 0 Å². The van der Waals surface area contributed by atoms with Gasteiger partial charge in [-0.3, -0.25) is 9.59 Å². The third-order valence-electron chi connectivity index (χ3n) is 3.62. The van der Waals surface area contributed by atoms with Crippen LogP contribution in [0.2, 0.25) is 0 Å². The molecule has 0 atom stereocenters. The molecule has 0 spiro atoms. The Bertz CT molecular complexity index is 651. The average Bonchev–Trinajstić information content (AvgIpc) is 2.55. The molecule has 0 saturated carbocycles. The van der Waals surface area contributed by atoms with Gasteiger partial charge in [-0.05, 0) is 24.6 Å². The Balaban J connectivity index is 1.84. The second-order valence-electron chi connectivity index (χ2n) is 5.52. The normalized spacial score (nSPS) is 10.2. The number of aryl methyl sites for hydroxylation is 1. The number of carbonyl (C=O) groups is 2. The van der Waals surface area contributed by atoms with Crippen molar-refractivity contribution in [1.29, 1.82) is 0 Å². The summed E-state index contributed by atoms with van der Waals surface area (Å²) in [6, 6.07) is 17.4. The fourth-order valence-electron chi connectivity index (χ4n) is 2.28. The summed E-state index contributed by atoms with van der Waals surface area (Å²) in [5.41, 5.74) is 3.07. The third-order valence-corrected chi connectivity index (χ3v) is 3.62. The minimum Gasteiger partial charge on any atom is -0.352 e. The smallest absolute Gasteiger partial charge is 0.223 e. The Morgan fingerprint density at radius 1 is 1.00 bits per heavy atom. The molecule has 0 saturated heterocycles. The first-order chi connectivity index (χ1) is 11.1. The topological polar surface area (TPSA) is 49.4 Å². The first-order valence-corrected chi connectivity index (χ1v) is 7.71. The first kappa shape index (κ1) is 16.7. The Labute approximate surface area is 137 Å². The van der Waals surface area contributed by atoms with Gasteiger partial charge in [-0.2, -0.15) is 0 Å². The van der Waals surface area contributed by atoms with Crippen molar-refractivity contribution in [2.75, 3.05) is 11.4 Å². The zero-order valence-corrected chi connectivity index (χ0v) is 13.6. The number of para-hydroxylation sites is 1. The SMILES string of the molecule is CC(=O)N(CCC(=O)NCc1ccc(C)cc1)c1ccccc1. The lowest BCUT2D eigenvalue weighted by molar-refractivity contribution is -0.121. The van der Waals surface area contributed by atoms with Gasteiger partial charge in [0.15, 0.2) is 0 Å². The molecule has 1 N–H and O–H groups in total. The molecule has 4 heteroatoms. The fourth-order valence-corrected chi connectivity index (χ4v) is 2.28. The molecule has 0 heterocycles. The summed E-state index contributed by atoms with van der Waals surface area (Å²) in [7, 11) is 0. The molecule has 23 heavy (non-hydrogen) atoms. The molecular formula is C19H22N2O2. The minimum absolute atomic E-state index is 0.0623. The molecule has 0 aliphatic carbocycles. The van der Waals surface area contributed by atoms with Crippen molar-refractivity contribution in [3.63, 3.8) is 0 Å². The molecule has 2 aromatic rings. The molecule has 120 valence electrons. The Kier molecular flexibility index (Phi) is 5.92. The number of amides is 2. The lowest BCUT2D eigenvalue weighted by atomic mass is 10.1. The second kappa shape index (κ2) is 8.13. The fraction of sp³-hybridized carbons (Fsp3) is 0.263. The van der Waals surface area contributed by atoms with E-state index in [1.165, 1.54) is 12.5 Å². The highest BCUT2D eigenvalue weighted by Crippen LogP contribution is 2.13. The van der Waals surface area contributed by atoms with Crippen LogP contribution in [0, 0.1) is 6.92 Å². The predicted molar refractivity (Wildman–Crippen MR) is 92.1 cm³/mol. The number of anilines is 1. The van der Waals surface area contributed by atoms with Crippen molar-refractivity contribution >= 4 is 17.5 Å². The van der Waals surface area contributed by atoms with Crippen LogP contribution < -0.4 is 10.2 Å². The predicted octanol–water partition coefficient (Wildman–Crippen LogP) is 3.05. The van der Waals surface area contributed by atoms with Crippen molar-refractivity contribution in [3.8, 4) is 0 Å². The highest BCUT2D eigenvalue weighted by Gasteiger charge is 2.12. The van der Waals surface area contributed by atoms with Gasteiger partial charge < -0.3 is 10.2 Å². The van der Waals surface area contributed by atoms with Crippen LogP contribution in [0.3, 0.4) is 0 Å². The van der Waals surface area contributed by atoms with E-state index >= 15 is 0 Å². The molecule has 2 rings (SSSR count). The highest BCUT2D eigenvalue weighted by molar-refractivity contribution is 5.92. The Morgan fingerprint density at radius 3 is 2.26 bits per heavy atom. The molecule has 4 nitrogen and oxygen atoms in total. The quantitative estimate of drug-likeness (QED) is 0.891. The number of nitrogens with zero attached hydrogens (tertiary/aromatic N) is 1. The van der Waals surface area contributed by atoms with E-state index in [2.05, 4.69) is 5.32 Å². The van der Waals surface area contributed by atoms with Crippen molar-refractivity contribution < 1.29 is 9.59 Å². The van der Waals surface area contributed by atoms with Gasteiger partial charge in [0.2, 0.25) is 11.8 Å². The molecule has 2 amide bonds. The molecule has 0 radical (unpaired) electrons. The van der Waals surface area contributed by atoms with Crippen LogP contribution in [0.4, 0.5) is 5.69 Å². The van der Waals surface area contributed by atoms with Crippen LogP contribution in [0.25, 0.3) is 0 Å². The van der Waals surface area contributed by atoms with Crippen LogP contribution in [-0.4, -0.2) is 18.4 Å². The van der Waals surface area contributed by atoms with Gasteiger partial charge in [-0.1, -0.05) is 48.0 Å². The number of hydrogen-bond acceptors (Lipinski definition) is 2. The summed E-state index contributed by atoms with van der Waals surface area (Å²) in [6.45, 7) is 4.42. The summed E-state index contributed by atoms with van der Waals surface area (Å²) in [5.74, 6) is -0.129. The van der Waals surface area contributed by atoms with Gasteiger partial charge >= 0.3 is 0 Å². The van der Waals surface area contributed by atoms with Gasteiger partial charge in [0.25, 0.3) is 0 Å². The largest absolute Gasteiger partial charge is 0.352 e. The van der Waals surface area contributed by atoms with Gasteiger partial charge in [-0.15, -0.1) is 0 Å². The molecule has 0 aliphatic rings. The standard InChI is InChI=1S/C19H22N2O2/c1-15-8-10-17(11-9-15)14-20-19(23)12-13-21(16(2)22)18-6-4-3-5-7-18/h3-11H,12-14H2,1-2H3,(H,20,23). The van der Waals surface area contributed by atoms with Crippen molar-refractivity contribution in [2.24, 2.45) is 0 Å². The summed E-state index contributed by atoms with van der Waals surface area (Å²) < 4.78 is 0. The van der Waals surface area contributed by atoms with Crippen LogP contribution in [0.5, 0.6) is 0 Å². The van der Waals surface area contributed by atoms with Crippen LogP contribution in [0.1, 0.15) is 24.5 Å². The molecule has 2 aromatic carbocycles. The molecule has 0 unspecified atom stereocenters. The maximum atomic E-state index is 12.0. The molecule has 0 bridgehead atoms. The summed E-state index contributed by atoms with van der Waals surface area (Å²) in [5, 5.41) is 2.89. The molecule has 0 fully saturated rings. The third kappa shape index (κ3) is 5.25. The zero-order valence-electron chi connectivity index (χ0n) is 13.6. The molecule has 0 aromatic heterocycles. The van der Waals surface area contributed by atoms with E-state index in [4.69, 9.17) is 0 Å². The average molecular weight is 310 g/mol. The lowest BCUT2D eigenvalue weighted by Crippen LogP contribution is -2.33.